The highest BCUT2D eigenvalue weighted by molar-refractivity contribution is 7.13. The molecule has 3 rings (SSSR count). The monoisotopic (exact) mass is 260 g/mol. The molecule has 0 spiro atoms. The van der Waals surface area contributed by atoms with E-state index in [1.54, 1.807) is 17.5 Å². The van der Waals surface area contributed by atoms with Crippen LogP contribution in [0.15, 0.2) is 29.8 Å². The molecule has 0 aliphatic carbocycles. The summed E-state index contributed by atoms with van der Waals surface area (Å²) in [5.74, 6) is 0. The second kappa shape index (κ2) is 5.14. The van der Waals surface area contributed by atoms with E-state index in [0.717, 1.165) is 42.5 Å². The van der Waals surface area contributed by atoms with E-state index < -0.39 is 0 Å². The highest BCUT2D eigenvalue weighted by Gasteiger charge is 2.19. The highest BCUT2D eigenvalue weighted by Crippen LogP contribution is 2.22. The molecule has 2 aromatic rings. The first kappa shape index (κ1) is 11.8. The first-order valence-corrected chi connectivity index (χ1v) is 7.03. The average molecular weight is 260 g/mol. The third-order valence-corrected chi connectivity index (χ3v) is 4.04. The van der Waals surface area contributed by atoms with Gasteiger partial charge in [-0.15, -0.1) is 11.3 Å². The molecule has 0 unspecified atom stereocenters. The van der Waals surface area contributed by atoms with Crippen LogP contribution in [0.25, 0.3) is 10.7 Å². The molecule has 18 heavy (non-hydrogen) atoms. The van der Waals surface area contributed by atoms with Gasteiger partial charge in [-0.05, 0) is 18.6 Å². The Morgan fingerprint density at radius 1 is 1.44 bits per heavy atom. The largest absolute Gasteiger partial charge is 0.326 e. The van der Waals surface area contributed by atoms with Gasteiger partial charge < -0.3 is 5.73 Å². The summed E-state index contributed by atoms with van der Waals surface area (Å²) in [6.45, 7) is 2.96. The topological polar surface area (TPSA) is 55.0 Å². The number of hydrogen-bond acceptors (Lipinski definition) is 5. The molecular formula is C13H16N4S. The molecule has 0 saturated carbocycles. The fourth-order valence-electron chi connectivity index (χ4n) is 2.22. The number of rotatable bonds is 3. The zero-order valence-corrected chi connectivity index (χ0v) is 10.9. The average Bonchev–Trinajstić information content (AvgIpc) is 3.01. The Balaban J connectivity index is 1.70. The van der Waals surface area contributed by atoms with Crippen LogP contribution >= 0.6 is 11.3 Å². The van der Waals surface area contributed by atoms with Crippen molar-refractivity contribution in [3.63, 3.8) is 0 Å². The van der Waals surface area contributed by atoms with Gasteiger partial charge in [-0.3, -0.25) is 9.88 Å². The van der Waals surface area contributed by atoms with Crippen molar-refractivity contribution in [2.75, 3.05) is 13.1 Å². The summed E-state index contributed by atoms with van der Waals surface area (Å²) >= 11 is 1.66. The SMILES string of the molecule is N[C@@H]1CCN(Cc2csc(-c3ccccn3)n2)C1. The van der Waals surface area contributed by atoms with E-state index in [1.807, 2.05) is 18.2 Å². The maximum Gasteiger partial charge on any atom is 0.142 e. The van der Waals surface area contributed by atoms with Gasteiger partial charge in [-0.1, -0.05) is 6.07 Å². The highest BCUT2D eigenvalue weighted by atomic mass is 32.1. The molecule has 0 aromatic carbocycles. The van der Waals surface area contributed by atoms with Gasteiger partial charge in [0.2, 0.25) is 0 Å². The molecule has 2 aromatic heterocycles. The molecule has 0 bridgehead atoms. The fraction of sp³-hybridized carbons (Fsp3) is 0.385. The summed E-state index contributed by atoms with van der Waals surface area (Å²) in [6.07, 6.45) is 2.90. The lowest BCUT2D eigenvalue weighted by atomic mass is 10.3. The standard InChI is InChI=1S/C13H16N4S/c14-10-4-6-17(7-10)8-11-9-18-13(16-11)12-3-1-2-5-15-12/h1-3,5,9-10H,4,6-8,14H2/t10-/m1/s1. The quantitative estimate of drug-likeness (QED) is 0.913. The molecule has 2 N–H and O–H groups in total. The summed E-state index contributed by atoms with van der Waals surface area (Å²) in [5, 5.41) is 3.11. The summed E-state index contributed by atoms with van der Waals surface area (Å²) in [4.78, 5) is 11.3. The predicted molar refractivity (Wildman–Crippen MR) is 73.2 cm³/mol. The van der Waals surface area contributed by atoms with E-state index >= 15 is 0 Å². The van der Waals surface area contributed by atoms with Crippen LogP contribution in [0.1, 0.15) is 12.1 Å². The van der Waals surface area contributed by atoms with Gasteiger partial charge >= 0.3 is 0 Å². The number of nitrogens with two attached hydrogens (primary N) is 1. The molecule has 5 heteroatoms. The predicted octanol–water partition coefficient (Wildman–Crippen LogP) is 1.74. The first-order valence-electron chi connectivity index (χ1n) is 6.15. The number of likely N-dealkylation sites (tertiary alicyclic amines) is 1. The van der Waals surface area contributed by atoms with Crippen molar-refractivity contribution in [2.45, 2.75) is 19.0 Å². The van der Waals surface area contributed by atoms with Crippen molar-refractivity contribution in [1.82, 2.24) is 14.9 Å². The molecule has 3 heterocycles. The Morgan fingerprint density at radius 2 is 2.39 bits per heavy atom. The zero-order chi connectivity index (χ0) is 12.4. The van der Waals surface area contributed by atoms with Crippen molar-refractivity contribution >= 4 is 11.3 Å². The van der Waals surface area contributed by atoms with E-state index in [2.05, 4.69) is 20.2 Å². The van der Waals surface area contributed by atoms with Crippen molar-refractivity contribution in [2.24, 2.45) is 5.73 Å². The van der Waals surface area contributed by atoms with Crippen LogP contribution in [0.3, 0.4) is 0 Å². The normalized spacial score (nSPS) is 20.4. The molecule has 1 fully saturated rings. The van der Waals surface area contributed by atoms with Crippen LogP contribution in [-0.4, -0.2) is 34.0 Å². The van der Waals surface area contributed by atoms with E-state index in [1.165, 1.54) is 0 Å². The number of thiazole rings is 1. The fourth-order valence-corrected chi connectivity index (χ4v) is 3.01. The lowest BCUT2D eigenvalue weighted by Gasteiger charge is -2.12. The van der Waals surface area contributed by atoms with Crippen LogP contribution in [-0.2, 0) is 6.54 Å². The number of pyridine rings is 1. The maximum atomic E-state index is 5.91. The van der Waals surface area contributed by atoms with Crippen LogP contribution < -0.4 is 5.73 Å². The van der Waals surface area contributed by atoms with E-state index in [0.29, 0.717) is 6.04 Å². The van der Waals surface area contributed by atoms with E-state index in [-0.39, 0.29) is 0 Å². The number of nitrogens with zero attached hydrogens (tertiary/aromatic N) is 3. The molecular weight excluding hydrogens is 244 g/mol. The molecule has 4 nitrogen and oxygen atoms in total. The molecule has 1 aliphatic heterocycles. The van der Waals surface area contributed by atoms with E-state index in [4.69, 9.17) is 5.73 Å². The zero-order valence-electron chi connectivity index (χ0n) is 10.1. The summed E-state index contributed by atoms with van der Waals surface area (Å²) in [6, 6.07) is 6.24. The van der Waals surface area contributed by atoms with Crippen LogP contribution in [0.5, 0.6) is 0 Å². The Hall–Kier alpha value is -1.30. The lowest BCUT2D eigenvalue weighted by Crippen LogP contribution is -2.26. The third-order valence-electron chi connectivity index (χ3n) is 3.13. The summed E-state index contributed by atoms with van der Waals surface area (Å²) in [5.41, 5.74) is 7.98. The number of hydrogen-bond donors (Lipinski definition) is 1. The van der Waals surface area contributed by atoms with Crippen molar-refractivity contribution < 1.29 is 0 Å². The van der Waals surface area contributed by atoms with Crippen LogP contribution in [0, 0.1) is 0 Å². The minimum absolute atomic E-state index is 0.332. The Kier molecular flexibility index (Phi) is 3.36. The van der Waals surface area contributed by atoms with Gasteiger partial charge in [-0.25, -0.2) is 4.98 Å². The minimum Gasteiger partial charge on any atom is -0.326 e. The molecule has 0 amide bonds. The molecule has 94 valence electrons. The van der Waals surface area contributed by atoms with Crippen molar-refractivity contribution in [1.29, 1.82) is 0 Å². The Labute approximate surface area is 110 Å². The lowest BCUT2D eigenvalue weighted by molar-refractivity contribution is 0.323. The van der Waals surface area contributed by atoms with Gasteiger partial charge in [0, 0.05) is 37.3 Å². The minimum atomic E-state index is 0.332. The van der Waals surface area contributed by atoms with Gasteiger partial charge in [0.05, 0.1) is 11.4 Å². The van der Waals surface area contributed by atoms with Crippen molar-refractivity contribution in [3.05, 3.63) is 35.5 Å². The summed E-state index contributed by atoms with van der Waals surface area (Å²) < 4.78 is 0. The molecule has 1 saturated heterocycles. The van der Waals surface area contributed by atoms with Crippen LogP contribution in [0.2, 0.25) is 0 Å². The smallest absolute Gasteiger partial charge is 0.142 e. The third kappa shape index (κ3) is 2.58. The second-order valence-electron chi connectivity index (χ2n) is 4.64. The van der Waals surface area contributed by atoms with Crippen molar-refractivity contribution in [3.8, 4) is 10.7 Å². The Bertz CT molecular complexity index is 511. The van der Waals surface area contributed by atoms with Gasteiger partial charge in [0.25, 0.3) is 0 Å². The molecule has 1 aliphatic rings. The van der Waals surface area contributed by atoms with Crippen LogP contribution in [0.4, 0.5) is 0 Å². The second-order valence-corrected chi connectivity index (χ2v) is 5.50. The van der Waals surface area contributed by atoms with Gasteiger partial charge in [0.15, 0.2) is 0 Å². The number of aromatic nitrogens is 2. The maximum absolute atomic E-state index is 5.91. The summed E-state index contributed by atoms with van der Waals surface area (Å²) in [7, 11) is 0. The Morgan fingerprint density at radius 3 is 3.11 bits per heavy atom. The molecule has 0 radical (unpaired) electrons. The van der Waals surface area contributed by atoms with E-state index in [9.17, 15) is 0 Å². The first-order chi connectivity index (χ1) is 8.81. The van der Waals surface area contributed by atoms with Gasteiger partial charge in [0.1, 0.15) is 5.01 Å². The van der Waals surface area contributed by atoms with Gasteiger partial charge in [-0.2, -0.15) is 0 Å². The molecule has 1 atom stereocenters.